The Bertz CT molecular complexity index is 1540. The second-order valence-corrected chi connectivity index (χ2v) is 11.0. The van der Waals surface area contributed by atoms with E-state index in [1.165, 1.54) is 0 Å². The molecule has 3 aliphatic rings. The van der Waals surface area contributed by atoms with E-state index in [4.69, 9.17) is 9.47 Å². The number of aromatic nitrogens is 1. The first kappa shape index (κ1) is 25.2. The summed E-state index contributed by atoms with van der Waals surface area (Å²) in [4.78, 5) is 41.7. The van der Waals surface area contributed by atoms with Crippen LogP contribution in [0, 0.1) is 12.3 Å². The van der Waals surface area contributed by atoms with E-state index in [-0.39, 0.29) is 28.9 Å². The minimum absolute atomic E-state index is 0.0459. The van der Waals surface area contributed by atoms with Crippen LogP contribution in [0.25, 0.3) is 0 Å². The summed E-state index contributed by atoms with van der Waals surface area (Å²) in [5.74, 6) is 1.55. The fourth-order valence-electron chi connectivity index (χ4n) is 6.47. The molecular formula is C31H33N3O5. The molecule has 0 saturated carbocycles. The summed E-state index contributed by atoms with van der Waals surface area (Å²) in [6, 6.07) is 15.3. The van der Waals surface area contributed by atoms with Gasteiger partial charge in [-0.25, -0.2) is 0 Å². The van der Waals surface area contributed by atoms with Gasteiger partial charge < -0.3 is 24.3 Å². The van der Waals surface area contributed by atoms with Gasteiger partial charge in [-0.15, -0.1) is 0 Å². The highest BCUT2D eigenvalue weighted by molar-refractivity contribution is 5.94. The number of nitrogens with zero attached hydrogens (tertiary/aromatic N) is 2. The number of fused-ring (bicyclic) bond motifs is 4. The number of para-hydroxylation sites is 1. The molecular weight excluding hydrogens is 494 g/mol. The van der Waals surface area contributed by atoms with E-state index in [9.17, 15) is 14.4 Å². The van der Waals surface area contributed by atoms with Gasteiger partial charge in [-0.05, 0) is 55.2 Å². The first-order valence-corrected chi connectivity index (χ1v) is 13.6. The third-order valence-electron chi connectivity index (χ3n) is 8.55. The van der Waals surface area contributed by atoms with Gasteiger partial charge in [-0.3, -0.25) is 14.4 Å². The zero-order valence-electron chi connectivity index (χ0n) is 22.6. The second kappa shape index (κ2) is 9.59. The molecule has 1 saturated heterocycles. The summed E-state index contributed by atoms with van der Waals surface area (Å²) < 4.78 is 14.2. The van der Waals surface area contributed by atoms with Crippen LogP contribution in [0.4, 0.5) is 0 Å². The molecule has 2 amide bonds. The first-order valence-electron chi connectivity index (χ1n) is 13.6. The molecule has 0 unspecified atom stereocenters. The van der Waals surface area contributed by atoms with Gasteiger partial charge >= 0.3 is 0 Å². The van der Waals surface area contributed by atoms with E-state index in [0.717, 1.165) is 22.4 Å². The summed E-state index contributed by atoms with van der Waals surface area (Å²) in [5, 5.41) is 3.13. The number of benzene rings is 2. The molecule has 2 aromatic carbocycles. The molecule has 3 aromatic rings. The molecule has 1 spiro atoms. The molecule has 8 heteroatoms. The fraction of sp³-hybridized carbons (Fsp3) is 0.387. The van der Waals surface area contributed by atoms with Crippen molar-refractivity contribution in [3.05, 3.63) is 86.8 Å². The van der Waals surface area contributed by atoms with Crippen LogP contribution in [0.2, 0.25) is 0 Å². The van der Waals surface area contributed by atoms with Crippen LogP contribution in [0.15, 0.2) is 53.3 Å². The predicted octanol–water partition coefficient (Wildman–Crippen LogP) is 3.73. The summed E-state index contributed by atoms with van der Waals surface area (Å²) in [6.07, 6.45) is 1.66. The van der Waals surface area contributed by atoms with Gasteiger partial charge in [0.15, 0.2) is 11.5 Å². The molecule has 6 rings (SSSR count). The van der Waals surface area contributed by atoms with E-state index in [1.54, 1.807) is 22.6 Å². The highest BCUT2D eigenvalue weighted by Gasteiger charge is 2.53. The lowest BCUT2D eigenvalue weighted by atomic mass is 9.73. The highest BCUT2D eigenvalue weighted by atomic mass is 16.5. The zero-order valence-corrected chi connectivity index (χ0v) is 22.6. The van der Waals surface area contributed by atoms with Crippen molar-refractivity contribution < 1.29 is 19.1 Å². The lowest BCUT2D eigenvalue weighted by molar-refractivity contribution is -0.121. The fourth-order valence-corrected chi connectivity index (χ4v) is 6.47. The van der Waals surface area contributed by atoms with E-state index >= 15 is 0 Å². The van der Waals surface area contributed by atoms with Gasteiger partial charge in [0.25, 0.3) is 11.5 Å². The van der Waals surface area contributed by atoms with Crippen LogP contribution >= 0.6 is 0 Å². The van der Waals surface area contributed by atoms with Crippen LogP contribution in [-0.2, 0) is 24.7 Å². The average molecular weight is 528 g/mol. The maximum Gasteiger partial charge on any atom is 0.263 e. The van der Waals surface area contributed by atoms with E-state index < -0.39 is 5.41 Å². The quantitative estimate of drug-likeness (QED) is 0.549. The first-order chi connectivity index (χ1) is 18.8. The second-order valence-electron chi connectivity index (χ2n) is 11.0. The maximum absolute atomic E-state index is 13.9. The van der Waals surface area contributed by atoms with Crippen LogP contribution in [0.3, 0.4) is 0 Å². The number of aryl methyl sites for hydroxylation is 2. The molecule has 39 heavy (non-hydrogen) atoms. The van der Waals surface area contributed by atoms with Crippen LogP contribution < -0.4 is 20.3 Å². The van der Waals surface area contributed by atoms with Crippen molar-refractivity contribution >= 4 is 11.8 Å². The average Bonchev–Trinajstić information content (AvgIpc) is 3.33. The molecule has 1 fully saturated rings. The topological polar surface area (TPSA) is 89.9 Å². The number of carbonyl (C=O) groups excluding carboxylic acids is 2. The Morgan fingerprint density at radius 2 is 1.95 bits per heavy atom. The Kier molecular flexibility index (Phi) is 6.20. The summed E-state index contributed by atoms with van der Waals surface area (Å²) in [6.45, 7) is 5.42. The predicted molar refractivity (Wildman–Crippen MR) is 147 cm³/mol. The molecule has 1 N–H and O–H groups in total. The Labute approximate surface area is 227 Å². The number of amides is 2. The number of ether oxygens (including phenoxy) is 2. The van der Waals surface area contributed by atoms with Crippen LogP contribution in [-0.4, -0.2) is 47.5 Å². The minimum Gasteiger partial charge on any atom is -0.489 e. The number of hydrogen-bond donors (Lipinski definition) is 1. The van der Waals surface area contributed by atoms with Gasteiger partial charge in [0.1, 0.15) is 11.3 Å². The van der Waals surface area contributed by atoms with Gasteiger partial charge in [0.2, 0.25) is 5.91 Å². The Morgan fingerprint density at radius 1 is 1.13 bits per heavy atom. The summed E-state index contributed by atoms with van der Waals surface area (Å²) in [7, 11) is 1.72. The molecule has 8 nitrogen and oxygen atoms in total. The largest absolute Gasteiger partial charge is 0.489 e. The number of nitrogens with one attached hydrogen (secondary N) is 1. The summed E-state index contributed by atoms with van der Waals surface area (Å²) in [5.41, 5.74) is 3.17. The smallest absolute Gasteiger partial charge is 0.263 e. The number of carbonyl (C=O) groups is 2. The Hall–Kier alpha value is -4.07. The zero-order chi connectivity index (χ0) is 27.3. The number of pyridine rings is 1. The van der Waals surface area contributed by atoms with Crippen molar-refractivity contribution in [2.45, 2.75) is 39.0 Å². The van der Waals surface area contributed by atoms with E-state index in [2.05, 4.69) is 5.32 Å². The normalized spacial score (nSPS) is 21.9. The van der Waals surface area contributed by atoms with Gasteiger partial charge in [0.05, 0.1) is 6.61 Å². The van der Waals surface area contributed by atoms with E-state index in [1.807, 2.05) is 56.3 Å². The number of hydrogen-bond acceptors (Lipinski definition) is 5. The van der Waals surface area contributed by atoms with Crippen molar-refractivity contribution in [2.75, 3.05) is 26.2 Å². The lowest BCUT2D eigenvalue weighted by Crippen LogP contribution is -2.48. The molecule has 0 radical (unpaired) electrons. The highest BCUT2D eigenvalue weighted by Crippen LogP contribution is 2.52. The van der Waals surface area contributed by atoms with Crippen molar-refractivity contribution in [1.82, 2.24) is 14.8 Å². The van der Waals surface area contributed by atoms with Crippen molar-refractivity contribution in [3.8, 4) is 17.2 Å². The minimum atomic E-state index is -0.529. The number of likely N-dealkylation sites (tertiary alicyclic amines) is 1. The summed E-state index contributed by atoms with van der Waals surface area (Å²) >= 11 is 0. The molecule has 0 aliphatic carbocycles. The number of rotatable bonds is 2. The Balaban J connectivity index is 1.40. The van der Waals surface area contributed by atoms with Crippen molar-refractivity contribution in [1.29, 1.82) is 0 Å². The monoisotopic (exact) mass is 527 g/mol. The van der Waals surface area contributed by atoms with Crippen molar-refractivity contribution in [3.63, 3.8) is 0 Å². The van der Waals surface area contributed by atoms with Crippen LogP contribution in [0.5, 0.6) is 17.2 Å². The van der Waals surface area contributed by atoms with Crippen molar-refractivity contribution in [2.24, 2.45) is 12.5 Å². The lowest BCUT2D eigenvalue weighted by Gasteiger charge is -2.39. The third kappa shape index (κ3) is 4.28. The Morgan fingerprint density at radius 3 is 2.77 bits per heavy atom. The third-order valence-corrected chi connectivity index (χ3v) is 8.55. The molecule has 4 bridgehead atoms. The standard InChI is InChI=1S/C31H33N3O5/c1-4-25-19(2)13-23(29(36)33(25)3)30(37)34-15-24-22-9-6-10-26-28(22)38-18-31(24,17-34)16-32-27(35)12-11-20-7-5-8-21(14-20)39-26/h5-10,13-14,24H,4,11-12,15-18H2,1-3H3,(H,32,35)/t24-,31+/m1/s1. The molecule has 4 heterocycles. The molecule has 3 aliphatic heterocycles. The van der Waals surface area contributed by atoms with E-state index in [0.29, 0.717) is 62.8 Å². The molecule has 202 valence electrons. The van der Waals surface area contributed by atoms with Gasteiger partial charge in [-0.1, -0.05) is 31.2 Å². The van der Waals surface area contributed by atoms with Gasteiger partial charge in [0, 0.05) is 55.7 Å². The van der Waals surface area contributed by atoms with Gasteiger partial charge in [-0.2, -0.15) is 0 Å². The van der Waals surface area contributed by atoms with Crippen LogP contribution in [0.1, 0.15) is 52.0 Å². The SMILES string of the molecule is CCc1c(C)cc(C(=O)N2C[C@@H]3c4cccc5c4OC[C@]3(CNC(=O)CCc3cccc(c3)O5)C2)c(=O)n1C. The maximum atomic E-state index is 13.9. The molecule has 2 atom stereocenters. The molecule has 1 aromatic heterocycles.